The van der Waals surface area contributed by atoms with Gasteiger partial charge in [-0.3, -0.25) is 0 Å². The summed E-state index contributed by atoms with van der Waals surface area (Å²) >= 11 is 0. The molecule has 0 amide bonds. The monoisotopic (exact) mass is 300 g/mol. The lowest BCUT2D eigenvalue weighted by atomic mass is 10.0. The predicted octanol–water partition coefficient (Wildman–Crippen LogP) is 3.11. The molecule has 2 N–H and O–H groups in total. The number of nitrogens with two attached hydrogens (primary N) is 1. The molecule has 0 radical (unpaired) electrons. The van der Waals surface area contributed by atoms with Gasteiger partial charge in [-0.2, -0.15) is 0 Å². The Kier molecular flexibility index (Phi) is 7.61. The minimum Gasteiger partial charge on any atom is -0.380 e. The van der Waals surface area contributed by atoms with E-state index in [-0.39, 0.29) is 11.7 Å². The van der Waals surface area contributed by atoms with Gasteiger partial charge in [0, 0.05) is 25.7 Å². The quantitative estimate of drug-likeness (QED) is 0.712. The van der Waals surface area contributed by atoms with Crippen LogP contribution in [0.15, 0.2) is 12.1 Å². The molecule has 0 aliphatic heterocycles. The number of nitrogens with zero attached hydrogens (tertiary/aromatic N) is 1. The summed E-state index contributed by atoms with van der Waals surface area (Å²) in [5.41, 5.74) is 6.46. The molecule has 1 aromatic rings. The Morgan fingerprint density at radius 2 is 1.81 bits per heavy atom. The van der Waals surface area contributed by atoms with Crippen molar-refractivity contribution in [2.24, 2.45) is 5.73 Å². The van der Waals surface area contributed by atoms with E-state index in [0.29, 0.717) is 38.3 Å². The minimum atomic E-state index is -0.536. The van der Waals surface area contributed by atoms with Gasteiger partial charge in [0.05, 0.1) is 6.61 Å². The van der Waals surface area contributed by atoms with Crippen LogP contribution in [-0.2, 0) is 11.2 Å². The summed E-state index contributed by atoms with van der Waals surface area (Å²) < 4.78 is 33.8. The molecular weight excluding hydrogens is 274 g/mol. The Morgan fingerprint density at radius 3 is 2.29 bits per heavy atom. The zero-order valence-corrected chi connectivity index (χ0v) is 13.2. The summed E-state index contributed by atoms with van der Waals surface area (Å²) in [7, 11) is 0. The van der Waals surface area contributed by atoms with Crippen LogP contribution in [0.4, 0.5) is 14.5 Å². The van der Waals surface area contributed by atoms with Crippen LogP contribution in [0, 0.1) is 11.6 Å². The lowest BCUT2D eigenvalue weighted by Crippen LogP contribution is -2.29. The van der Waals surface area contributed by atoms with Crippen LogP contribution in [0.2, 0.25) is 0 Å². The summed E-state index contributed by atoms with van der Waals surface area (Å²) in [6.07, 6.45) is 1.26. The number of likely N-dealkylation sites (N-methyl/N-ethyl adjacent to an activating group) is 1. The number of halogens is 2. The first-order valence-electron chi connectivity index (χ1n) is 7.59. The molecule has 1 rings (SSSR count). The van der Waals surface area contributed by atoms with Gasteiger partial charge in [-0.05, 0) is 44.4 Å². The number of hydrogen-bond donors (Lipinski definition) is 1. The second kappa shape index (κ2) is 8.95. The van der Waals surface area contributed by atoms with Crippen molar-refractivity contribution in [2.75, 3.05) is 31.2 Å². The Balaban J connectivity index is 2.91. The van der Waals surface area contributed by atoms with E-state index in [1.54, 1.807) is 4.90 Å². The first-order valence-corrected chi connectivity index (χ1v) is 7.59. The van der Waals surface area contributed by atoms with E-state index in [9.17, 15) is 8.78 Å². The van der Waals surface area contributed by atoms with Crippen LogP contribution in [0.5, 0.6) is 0 Å². The molecule has 1 aromatic carbocycles. The molecule has 3 nitrogen and oxygen atoms in total. The molecule has 0 spiro atoms. The molecule has 120 valence electrons. The van der Waals surface area contributed by atoms with Crippen molar-refractivity contribution in [3.05, 3.63) is 29.3 Å². The highest BCUT2D eigenvalue weighted by molar-refractivity contribution is 5.50. The standard InChI is InChI=1S/C16H26F2N2O/c1-4-13(19)9-12-10-14(17)16(15(18)11-12)20(5-2)7-8-21-6-3/h10-11,13H,4-9,19H2,1-3H3. The third-order valence-corrected chi connectivity index (χ3v) is 3.51. The number of rotatable bonds is 9. The lowest BCUT2D eigenvalue weighted by molar-refractivity contribution is 0.154. The van der Waals surface area contributed by atoms with Crippen molar-refractivity contribution < 1.29 is 13.5 Å². The largest absolute Gasteiger partial charge is 0.380 e. The van der Waals surface area contributed by atoms with E-state index in [2.05, 4.69) is 0 Å². The molecule has 0 heterocycles. The second-order valence-electron chi connectivity index (χ2n) is 5.06. The summed E-state index contributed by atoms with van der Waals surface area (Å²) in [6, 6.07) is 2.70. The molecule has 1 unspecified atom stereocenters. The van der Waals surface area contributed by atoms with E-state index in [1.165, 1.54) is 12.1 Å². The first-order chi connectivity index (χ1) is 10.0. The normalized spacial score (nSPS) is 12.5. The van der Waals surface area contributed by atoms with Crippen LogP contribution in [0.25, 0.3) is 0 Å². The number of anilines is 1. The highest BCUT2D eigenvalue weighted by atomic mass is 19.1. The third kappa shape index (κ3) is 5.25. The topological polar surface area (TPSA) is 38.5 Å². The van der Waals surface area contributed by atoms with Crippen LogP contribution in [0.3, 0.4) is 0 Å². The van der Waals surface area contributed by atoms with Crippen molar-refractivity contribution in [1.82, 2.24) is 0 Å². The van der Waals surface area contributed by atoms with Crippen molar-refractivity contribution in [2.45, 2.75) is 39.7 Å². The summed E-state index contributed by atoms with van der Waals surface area (Å²) in [4.78, 5) is 1.66. The maximum absolute atomic E-state index is 14.2. The molecule has 21 heavy (non-hydrogen) atoms. The Labute approximate surface area is 126 Å². The molecule has 0 fully saturated rings. The van der Waals surface area contributed by atoms with Gasteiger partial charge >= 0.3 is 0 Å². The first kappa shape index (κ1) is 17.9. The molecule has 0 bridgehead atoms. The van der Waals surface area contributed by atoms with Gasteiger partial charge in [-0.25, -0.2) is 8.78 Å². The summed E-state index contributed by atoms with van der Waals surface area (Å²) in [6.45, 7) is 7.75. The molecule has 0 aliphatic rings. The van der Waals surface area contributed by atoms with Gasteiger partial charge in [0.2, 0.25) is 0 Å². The average molecular weight is 300 g/mol. The van der Waals surface area contributed by atoms with E-state index in [0.717, 1.165) is 6.42 Å². The fourth-order valence-corrected chi connectivity index (χ4v) is 2.23. The van der Waals surface area contributed by atoms with E-state index < -0.39 is 11.6 Å². The zero-order valence-electron chi connectivity index (χ0n) is 13.2. The van der Waals surface area contributed by atoms with E-state index in [4.69, 9.17) is 10.5 Å². The van der Waals surface area contributed by atoms with Gasteiger partial charge in [-0.1, -0.05) is 6.92 Å². The van der Waals surface area contributed by atoms with E-state index in [1.807, 2.05) is 20.8 Å². The van der Waals surface area contributed by atoms with Crippen molar-refractivity contribution in [3.63, 3.8) is 0 Å². The smallest absolute Gasteiger partial charge is 0.149 e. The zero-order chi connectivity index (χ0) is 15.8. The highest BCUT2D eigenvalue weighted by Crippen LogP contribution is 2.25. The van der Waals surface area contributed by atoms with Gasteiger partial charge < -0.3 is 15.4 Å². The van der Waals surface area contributed by atoms with Crippen molar-refractivity contribution in [1.29, 1.82) is 0 Å². The third-order valence-electron chi connectivity index (χ3n) is 3.51. The highest BCUT2D eigenvalue weighted by Gasteiger charge is 2.17. The molecule has 5 heteroatoms. The van der Waals surface area contributed by atoms with Gasteiger partial charge in [-0.15, -0.1) is 0 Å². The van der Waals surface area contributed by atoms with Gasteiger partial charge in [0.25, 0.3) is 0 Å². The molecular formula is C16H26F2N2O. The molecule has 0 aromatic heterocycles. The van der Waals surface area contributed by atoms with Crippen molar-refractivity contribution >= 4 is 5.69 Å². The molecule has 0 aliphatic carbocycles. The van der Waals surface area contributed by atoms with Crippen molar-refractivity contribution in [3.8, 4) is 0 Å². The Hall–Kier alpha value is -1.20. The van der Waals surface area contributed by atoms with E-state index >= 15 is 0 Å². The molecule has 0 saturated carbocycles. The lowest BCUT2D eigenvalue weighted by Gasteiger charge is -2.24. The van der Waals surface area contributed by atoms with Gasteiger partial charge in [0.15, 0.2) is 0 Å². The van der Waals surface area contributed by atoms with Crippen LogP contribution >= 0.6 is 0 Å². The molecule has 0 saturated heterocycles. The maximum atomic E-state index is 14.2. The van der Waals surface area contributed by atoms with Crippen LogP contribution in [-0.4, -0.2) is 32.3 Å². The minimum absolute atomic E-state index is 0.0195. The number of ether oxygens (including phenoxy) is 1. The van der Waals surface area contributed by atoms with Gasteiger partial charge in [0.1, 0.15) is 17.3 Å². The SMILES string of the molecule is CCOCCN(CC)c1c(F)cc(CC(N)CC)cc1F. The summed E-state index contributed by atoms with van der Waals surface area (Å²) in [5.74, 6) is -1.07. The molecule has 1 atom stereocenters. The average Bonchev–Trinajstić information content (AvgIpc) is 2.44. The predicted molar refractivity (Wildman–Crippen MR) is 82.7 cm³/mol. The van der Waals surface area contributed by atoms with Crippen LogP contribution in [0.1, 0.15) is 32.8 Å². The second-order valence-corrected chi connectivity index (χ2v) is 5.06. The Bertz CT molecular complexity index is 417. The fourth-order valence-electron chi connectivity index (χ4n) is 2.23. The Morgan fingerprint density at radius 1 is 1.19 bits per heavy atom. The summed E-state index contributed by atoms with van der Waals surface area (Å²) in [5, 5.41) is 0. The fraction of sp³-hybridized carbons (Fsp3) is 0.625. The number of hydrogen-bond acceptors (Lipinski definition) is 3. The number of benzene rings is 1. The maximum Gasteiger partial charge on any atom is 0.149 e. The van der Waals surface area contributed by atoms with Crippen LogP contribution < -0.4 is 10.6 Å².